The van der Waals surface area contributed by atoms with Crippen LogP contribution in [0.4, 0.5) is 11.5 Å². The molecule has 0 unspecified atom stereocenters. The molecule has 2 aromatic carbocycles. The molecule has 0 bridgehead atoms. The first kappa shape index (κ1) is 19.3. The largest absolute Gasteiger partial charge is 0.495 e. The molecule has 0 aliphatic carbocycles. The highest BCUT2D eigenvalue weighted by Crippen LogP contribution is 2.31. The molecule has 156 valence electrons. The minimum Gasteiger partial charge on any atom is -0.495 e. The SMILES string of the molecule is COc1ccccc1N1CCN(c2nnc(Cc3ccncc3)c3ccccc23)CC1. The molecule has 3 heterocycles. The molecular weight excluding hydrogens is 386 g/mol. The highest BCUT2D eigenvalue weighted by Gasteiger charge is 2.22. The zero-order valence-corrected chi connectivity index (χ0v) is 17.6. The second kappa shape index (κ2) is 8.60. The van der Waals surface area contributed by atoms with Gasteiger partial charge in [0.25, 0.3) is 0 Å². The van der Waals surface area contributed by atoms with Crippen molar-refractivity contribution in [3.8, 4) is 5.75 Å². The molecule has 1 aliphatic heterocycles. The number of nitrogens with zero attached hydrogens (tertiary/aromatic N) is 5. The lowest BCUT2D eigenvalue weighted by atomic mass is 10.0. The molecule has 6 heteroatoms. The standard InChI is InChI=1S/C25H25N5O/c1-31-24-9-5-4-8-23(24)29-14-16-30(17-15-29)25-21-7-3-2-6-20(21)22(27-28-25)18-19-10-12-26-13-11-19/h2-13H,14-18H2,1H3. The average molecular weight is 412 g/mol. The maximum atomic E-state index is 5.55. The summed E-state index contributed by atoms with van der Waals surface area (Å²) >= 11 is 0. The fourth-order valence-corrected chi connectivity index (χ4v) is 4.25. The molecule has 0 N–H and O–H groups in total. The number of hydrogen-bond donors (Lipinski definition) is 0. The van der Waals surface area contributed by atoms with Crippen LogP contribution in [0.15, 0.2) is 73.1 Å². The molecule has 1 saturated heterocycles. The Morgan fingerprint density at radius 3 is 2.23 bits per heavy atom. The van der Waals surface area contributed by atoms with E-state index in [1.54, 1.807) is 7.11 Å². The van der Waals surface area contributed by atoms with Crippen LogP contribution in [0.1, 0.15) is 11.3 Å². The molecule has 1 fully saturated rings. The van der Waals surface area contributed by atoms with Gasteiger partial charge in [-0.05, 0) is 29.8 Å². The summed E-state index contributed by atoms with van der Waals surface area (Å²) in [5.41, 5.74) is 3.33. The van der Waals surface area contributed by atoms with Gasteiger partial charge in [0.05, 0.1) is 18.5 Å². The summed E-state index contributed by atoms with van der Waals surface area (Å²) in [5.74, 6) is 1.88. The van der Waals surface area contributed by atoms with Gasteiger partial charge in [-0.3, -0.25) is 4.98 Å². The number of piperazine rings is 1. The van der Waals surface area contributed by atoms with Gasteiger partial charge in [0.2, 0.25) is 0 Å². The normalized spacial score (nSPS) is 14.1. The van der Waals surface area contributed by atoms with Crippen LogP contribution in [0.25, 0.3) is 10.8 Å². The van der Waals surface area contributed by atoms with Crippen molar-refractivity contribution < 1.29 is 4.74 Å². The van der Waals surface area contributed by atoms with Gasteiger partial charge >= 0.3 is 0 Å². The van der Waals surface area contributed by atoms with Crippen molar-refractivity contribution in [1.82, 2.24) is 15.2 Å². The van der Waals surface area contributed by atoms with Crippen LogP contribution in [-0.2, 0) is 6.42 Å². The number of ether oxygens (including phenoxy) is 1. The van der Waals surface area contributed by atoms with E-state index in [2.05, 4.69) is 61.4 Å². The van der Waals surface area contributed by atoms with Gasteiger partial charge in [0, 0.05) is 55.8 Å². The third-order valence-corrected chi connectivity index (χ3v) is 5.87. The van der Waals surface area contributed by atoms with E-state index in [-0.39, 0.29) is 0 Å². The molecule has 0 atom stereocenters. The number of aromatic nitrogens is 3. The topological polar surface area (TPSA) is 54.4 Å². The molecule has 0 saturated carbocycles. The summed E-state index contributed by atoms with van der Waals surface area (Å²) in [6, 6.07) is 20.7. The van der Waals surface area contributed by atoms with E-state index in [9.17, 15) is 0 Å². The smallest absolute Gasteiger partial charge is 0.159 e. The van der Waals surface area contributed by atoms with Gasteiger partial charge in [-0.15, -0.1) is 5.10 Å². The highest BCUT2D eigenvalue weighted by atomic mass is 16.5. The Morgan fingerprint density at radius 2 is 1.45 bits per heavy atom. The number of hydrogen-bond acceptors (Lipinski definition) is 6. The summed E-state index contributed by atoms with van der Waals surface area (Å²) in [6.07, 6.45) is 4.39. The predicted molar refractivity (Wildman–Crippen MR) is 124 cm³/mol. The first-order valence-electron chi connectivity index (χ1n) is 10.6. The van der Waals surface area contributed by atoms with E-state index >= 15 is 0 Å². The van der Waals surface area contributed by atoms with E-state index in [4.69, 9.17) is 4.74 Å². The monoisotopic (exact) mass is 411 g/mol. The number of benzene rings is 2. The van der Waals surface area contributed by atoms with Crippen LogP contribution in [0, 0.1) is 0 Å². The Labute approximate surface area is 182 Å². The molecule has 5 rings (SSSR count). The summed E-state index contributed by atoms with van der Waals surface area (Å²) < 4.78 is 5.55. The van der Waals surface area contributed by atoms with E-state index in [1.807, 2.05) is 36.7 Å². The Morgan fingerprint density at radius 1 is 0.774 bits per heavy atom. The molecule has 0 amide bonds. The Balaban J connectivity index is 1.39. The van der Waals surface area contributed by atoms with Crippen LogP contribution in [-0.4, -0.2) is 48.5 Å². The van der Waals surface area contributed by atoms with Crippen molar-refractivity contribution in [3.63, 3.8) is 0 Å². The summed E-state index contributed by atoms with van der Waals surface area (Å²) in [4.78, 5) is 8.83. The molecular formula is C25H25N5O. The van der Waals surface area contributed by atoms with Crippen LogP contribution in [0.5, 0.6) is 5.75 Å². The minimum atomic E-state index is 0.748. The summed E-state index contributed by atoms with van der Waals surface area (Å²) in [7, 11) is 1.73. The van der Waals surface area contributed by atoms with E-state index in [1.165, 1.54) is 5.56 Å². The maximum absolute atomic E-state index is 5.55. The lowest BCUT2D eigenvalue weighted by Gasteiger charge is -2.37. The molecule has 4 aromatic rings. The zero-order valence-electron chi connectivity index (χ0n) is 17.6. The van der Waals surface area contributed by atoms with Gasteiger partial charge in [-0.1, -0.05) is 36.4 Å². The Hall–Kier alpha value is -3.67. The molecule has 0 spiro atoms. The van der Waals surface area contributed by atoms with Crippen molar-refractivity contribution in [2.24, 2.45) is 0 Å². The van der Waals surface area contributed by atoms with Gasteiger partial charge < -0.3 is 14.5 Å². The number of methoxy groups -OCH3 is 1. The third kappa shape index (κ3) is 3.89. The first-order chi connectivity index (χ1) is 15.3. The fourth-order valence-electron chi connectivity index (χ4n) is 4.25. The highest BCUT2D eigenvalue weighted by molar-refractivity contribution is 5.93. The third-order valence-electron chi connectivity index (χ3n) is 5.87. The number of anilines is 2. The molecule has 1 aliphatic rings. The lowest BCUT2D eigenvalue weighted by molar-refractivity contribution is 0.413. The van der Waals surface area contributed by atoms with Crippen LogP contribution in [0.3, 0.4) is 0 Å². The maximum Gasteiger partial charge on any atom is 0.159 e. The van der Waals surface area contributed by atoms with Crippen LogP contribution >= 0.6 is 0 Å². The second-order valence-electron chi connectivity index (χ2n) is 7.69. The van der Waals surface area contributed by atoms with Crippen molar-refractivity contribution in [3.05, 3.63) is 84.3 Å². The quantitative estimate of drug-likeness (QED) is 0.496. The molecule has 2 aromatic heterocycles. The lowest BCUT2D eigenvalue weighted by Crippen LogP contribution is -2.47. The molecule has 6 nitrogen and oxygen atoms in total. The Kier molecular flexibility index (Phi) is 5.35. The van der Waals surface area contributed by atoms with E-state index < -0.39 is 0 Å². The fraction of sp³-hybridized carbons (Fsp3) is 0.240. The van der Waals surface area contributed by atoms with Gasteiger partial charge in [0.15, 0.2) is 5.82 Å². The first-order valence-corrected chi connectivity index (χ1v) is 10.6. The van der Waals surface area contributed by atoms with Gasteiger partial charge in [-0.2, -0.15) is 5.10 Å². The van der Waals surface area contributed by atoms with E-state index in [0.717, 1.165) is 66.3 Å². The second-order valence-corrected chi connectivity index (χ2v) is 7.69. The molecule has 0 radical (unpaired) electrons. The van der Waals surface area contributed by atoms with Gasteiger partial charge in [-0.25, -0.2) is 0 Å². The van der Waals surface area contributed by atoms with Crippen molar-refractivity contribution in [2.75, 3.05) is 43.1 Å². The van der Waals surface area contributed by atoms with Crippen molar-refractivity contribution in [1.29, 1.82) is 0 Å². The number of pyridine rings is 1. The van der Waals surface area contributed by atoms with E-state index in [0.29, 0.717) is 0 Å². The number of para-hydroxylation sites is 2. The molecule has 31 heavy (non-hydrogen) atoms. The number of fused-ring (bicyclic) bond motifs is 1. The van der Waals surface area contributed by atoms with Gasteiger partial charge in [0.1, 0.15) is 5.75 Å². The predicted octanol–water partition coefficient (Wildman–Crippen LogP) is 3.95. The average Bonchev–Trinajstić information content (AvgIpc) is 2.85. The van der Waals surface area contributed by atoms with Crippen molar-refractivity contribution in [2.45, 2.75) is 6.42 Å². The Bertz CT molecular complexity index is 1170. The van der Waals surface area contributed by atoms with Crippen molar-refractivity contribution >= 4 is 22.3 Å². The summed E-state index contributed by atoms with van der Waals surface area (Å²) in [6.45, 7) is 3.60. The van der Waals surface area contributed by atoms with Crippen LogP contribution in [0.2, 0.25) is 0 Å². The summed E-state index contributed by atoms with van der Waals surface area (Å²) in [5, 5.41) is 11.6. The zero-order chi connectivity index (χ0) is 21.0. The van der Waals surface area contributed by atoms with Crippen LogP contribution < -0.4 is 14.5 Å². The minimum absolute atomic E-state index is 0.748. The number of rotatable bonds is 5.